The normalized spacial score (nSPS) is 11.5. The summed E-state index contributed by atoms with van der Waals surface area (Å²) in [5, 5.41) is 2.49. The molecule has 0 N–H and O–H groups in total. The lowest BCUT2D eigenvalue weighted by Crippen LogP contribution is -2.09. The third kappa shape index (κ3) is 5.67. The van der Waals surface area contributed by atoms with E-state index in [1.54, 1.807) is 0 Å². The quantitative estimate of drug-likeness (QED) is 0.123. The zero-order valence-corrected chi connectivity index (χ0v) is 25.6. The molecule has 7 aromatic rings. The smallest absolute Gasteiger partial charge is 0.0542 e. The molecule has 0 amide bonds. The van der Waals surface area contributed by atoms with Gasteiger partial charge in [0, 0.05) is 38.4 Å². The van der Waals surface area contributed by atoms with Crippen molar-refractivity contribution in [3.05, 3.63) is 163 Å². The summed E-state index contributed by atoms with van der Waals surface area (Å²) >= 11 is 1.92. The molecule has 3 heteroatoms. The summed E-state index contributed by atoms with van der Waals surface area (Å²) in [6.07, 6.45) is 5.57. The van der Waals surface area contributed by atoms with E-state index in [0.717, 1.165) is 22.8 Å². The highest BCUT2D eigenvalue weighted by molar-refractivity contribution is 7.99. The molecule has 1 aromatic heterocycles. The molecule has 0 aliphatic rings. The van der Waals surface area contributed by atoms with Crippen molar-refractivity contribution >= 4 is 62.8 Å². The van der Waals surface area contributed by atoms with Crippen LogP contribution in [0.2, 0.25) is 0 Å². The number of fused-ring (bicyclic) bond motifs is 3. The molecule has 6 aromatic carbocycles. The Kier molecular flexibility index (Phi) is 8.03. The maximum absolute atomic E-state index is 2.36. The molecule has 0 bridgehead atoms. The highest BCUT2D eigenvalue weighted by Gasteiger charge is 2.17. The summed E-state index contributed by atoms with van der Waals surface area (Å²) in [6.45, 7) is 2.22. The molecule has 0 unspecified atom stereocenters. The van der Waals surface area contributed by atoms with Crippen LogP contribution in [0.15, 0.2) is 157 Å². The van der Waals surface area contributed by atoms with Crippen molar-refractivity contribution in [2.24, 2.45) is 0 Å². The Hall–Kier alpha value is -4.99. The molecular weight excluding hydrogens is 553 g/mol. The van der Waals surface area contributed by atoms with Gasteiger partial charge in [-0.1, -0.05) is 97.9 Å². The lowest BCUT2D eigenvalue weighted by atomic mass is 10.1. The van der Waals surface area contributed by atoms with Crippen LogP contribution in [0.5, 0.6) is 0 Å². The summed E-state index contributed by atoms with van der Waals surface area (Å²) < 4.78 is 2.36. The van der Waals surface area contributed by atoms with Crippen LogP contribution in [0, 0.1) is 0 Å². The van der Waals surface area contributed by atoms with Crippen LogP contribution in [0.4, 0.5) is 17.1 Å². The maximum atomic E-state index is 2.36. The van der Waals surface area contributed by atoms with Crippen molar-refractivity contribution in [1.82, 2.24) is 4.57 Å². The topological polar surface area (TPSA) is 8.17 Å². The first-order valence-corrected chi connectivity index (χ1v) is 16.2. The number of thioether (sulfide) groups is 1. The SMILES string of the molecule is CCCSc1ccc(/C=C/c2ccc(N(c3ccccc3)c3ccc4c(c3)c3ccccc3n4-c3ccccc3)cc2)cc1. The number of benzene rings is 6. The fourth-order valence-electron chi connectivity index (χ4n) is 5.80. The standard InChI is InChI=1S/C41H34N2S/c1-2-29-44-37-26-21-32(22-27-37)18-17-31-19-23-35(24-20-31)42(33-11-5-3-6-12-33)36-25-28-41-39(30-36)38-15-9-10-16-40(38)43(41)34-13-7-4-8-14-34/h3-28,30H,2,29H2,1H3/b18-17+. The monoisotopic (exact) mass is 586 g/mol. The van der Waals surface area contributed by atoms with Crippen molar-refractivity contribution in [3.63, 3.8) is 0 Å². The Morgan fingerprint density at radius 3 is 1.82 bits per heavy atom. The minimum absolute atomic E-state index is 1.12. The lowest BCUT2D eigenvalue weighted by Gasteiger charge is -2.25. The average Bonchev–Trinajstić information content (AvgIpc) is 3.42. The lowest BCUT2D eigenvalue weighted by molar-refractivity contribution is 1.10. The summed E-state index contributed by atoms with van der Waals surface area (Å²) in [5.41, 5.74) is 9.34. The van der Waals surface area contributed by atoms with E-state index in [1.807, 2.05) is 11.8 Å². The number of hydrogen-bond acceptors (Lipinski definition) is 2. The molecular formula is C41H34N2S. The van der Waals surface area contributed by atoms with Gasteiger partial charge < -0.3 is 9.47 Å². The third-order valence-corrected chi connectivity index (χ3v) is 9.13. The maximum Gasteiger partial charge on any atom is 0.0542 e. The fraction of sp³-hybridized carbons (Fsp3) is 0.0732. The molecule has 0 saturated carbocycles. The van der Waals surface area contributed by atoms with Crippen LogP contribution in [0.1, 0.15) is 24.5 Å². The summed E-state index contributed by atoms with van der Waals surface area (Å²) in [4.78, 5) is 3.67. The first-order chi connectivity index (χ1) is 21.8. The Morgan fingerprint density at radius 1 is 0.545 bits per heavy atom. The van der Waals surface area contributed by atoms with Crippen LogP contribution in [-0.4, -0.2) is 10.3 Å². The van der Waals surface area contributed by atoms with Crippen molar-refractivity contribution in [1.29, 1.82) is 0 Å². The van der Waals surface area contributed by atoms with Crippen molar-refractivity contribution in [2.45, 2.75) is 18.2 Å². The van der Waals surface area contributed by atoms with E-state index < -0.39 is 0 Å². The average molecular weight is 587 g/mol. The third-order valence-electron chi connectivity index (χ3n) is 7.92. The molecule has 0 atom stereocenters. The van der Waals surface area contributed by atoms with Gasteiger partial charge in [0.2, 0.25) is 0 Å². The molecule has 0 radical (unpaired) electrons. The van der Waals surface area contributed by atoms with E-state index in [2.05, 4.69) is 180 Å². The first-order valence-electron chi connectivity index (χ1n) is 15.2. The van der Waals surface area contributed by atoms with Crippen molar-refractivity contribution in [2.75, 3.05) is 10.7 Å². The molecule has 7 rings (SSSR count). The van der Waals surface area contributed by atoms with Crippen LogP contribution in [0.3, 0.4) is 0 Å². The Morgan fingerprint density at radius 2 is 1.11 bits per heavy atom. The molecule has 0 saturated heterocycles. The zero-order chi connectivity index (χ0) is 29.7. The number of nitrogens with zero attached hydrogens (tertiary/aromatic N) is 2. The highest BCUT2D eigenvalue weighted by Crippen LogP contribution is 2.39. The second kappa shape index (κ2) is 12.7. The molecule has 0 spiro atoms. The zero-order valence-electron chi connectivity index (χ0n) is 24.8. The van der Waals surface area contributed by atoms with Gasteiger partial charge in [-0.3, -0.25) is 0 Å². The predicted molar refractivity (Wildman–Crippen MR) is 192 cm³/mol. The van der Waals surface area contributed by atoms with Gasteiger partial charge in [-0.25, -0.2) is 0 Å². The molecule has 2 nitrogen and oxygen atoms in total. The van der Waals surface area contributed by atoms with Gasteiger partial charge in [0.05, 0.1) is 11.0 Å². The van der Waals surface area contributed by atoms with Crippen LogP contribution in [0.25, 0.3) is 39.6 Å². The van der Waals surface area contributed by atoms with E-state index in [0.29, 0.717) is 0 Å². The highest BCUT2D eigenvalue weighted by atomic mass is 32.2. The summed E-state index contributed by atoms with van der Waals surface area (Å²) in [5.74, 6) is 1.16. The van der Waals surface area contributed by atoms with E-state index in [-0.39, 0.29) is 0 Å². The van der Waals surface area contributed by atoms with Gasteiger partial charge >= 0.3 is 0 Å². The largest absolute Gasteiger partial charge is 0.310 e. The summed E-state index contributed by atoms with van der Waals surface area (Å²) in [6, 6.07) is 54.4. The minimum Gasteiger partial charge on any atom is -0.310 e. The van der Waals surface area contributed by atoms with Crippen molar-refractivity contribution < 1.29 is 0 Å². The molecule has 44 heavy (non-hydrogen) atoms. The number of anilines is 3. The second-order valence-corrected chi connectivity index (χ2v) is 12.1. The van der Waals surface area contributed by atoms with Gasteiger partial charge in [-0.15, -0.1) is 11.8 Å². The van der Waals surface area contributed by atoms with Crippen LogP contribution < -0.4 is 4.90 Å². The molecule has 1 heterocycles. The molecule has 0 fully saturated rings. The number of hydrogen-bond donors (Lipinski definition) is 0. The van der Waals surface area contributed by atoms with E-state index in [4.69, 9.17) is 0 Å². The minimum atomic E-state index is 1.12. The van der Waals surface area contributed by atoms with E-state index in [1.165, 1.54) is 49.9 Å². The Bertz CT molecular complexity index is 2020. The van der Waals surface area contributed by atoms with Crippen LogP contribution in [-0.2, 0) is 0 Å². The molecule has 214 valence electrons. The number of para-hydroxylation sites is 3. The predicted octanol–water partition coefficient (Wildman–Crippen LogP) is 11.9. The van der Waals surface area contributed by atoms with Gasteiger partial charge in [-0.2, -0.15) is 0 Å². The van der Waals surface area contributed by atoms with Gasteiger partial charge in [-0.05, 0) is 96.1 Å². The van der Waals surface area contributed by atoms with E-state index >= 15 is 0 Å². The Balaban J connectivity index is 1.25. The van der Waals surface area contributed by atoms with Gasteiger partial charge in [0.25, 0.3) is 0 Å². The second-order valence-electron chi connectivity index (χ2n) is 10.9. The number of rotatable bonds is 9. The summed E-state index contributed by atoms with van der Waals surface area (Å²) in [7, 11) is 0. The van der Waals surface area contributed by atoms with E-state index in [9.17, 15) is 0 Å². The van der Waals surface area contributed by atoms with Crippen molar-refractivity contribution in [3.8, 4) is 5.69 Å². The molecule has 0 aliphatic carbocycles. The fourth-order valence-corrected chi connectivity index (χ4v) is 6.57. The first kappa shape index (κ1) is 27.8. The Labute approximate surface area is 263 Å². The van der Waals surface area contributed by atoms with Crippen LogP contribution >= 0.6 is 11.8 Å². The molecule has 0 aliphatic heterocycles. The van der Waals surface area contributed by atoms with Gasteiger partial charge in [0.1, 0.15) is 0 Å². The number of aromatic nitrogens is 1. The van der Waals surface area contributed by atoms with Gasteiger partial charge in [0.15, 0.2) is 0 Å².